The van der Waals surface area contributed by atoms with Crippen LogP contribution in [0.25, 0.3) is 11.0 Å². The van der Waals surface area contributed by atoms with Gasteiger partial charge in [0.15, 0.2) is 0 Å². The summed E-state index contributed by atoms with van der Waals surface area (Å²) in [7, 11) is -0.563. The molecule has 0 aliphatic rings. The zero-order chi connectivity index (χ0) is 18.7. The van der Waals surface area contributed by atoms with Crippen LogP contribution in [-0.4, -0.2) is 49.2 Å². The molecule has 0 saturated carbocycles. The number of imidazole rings is 1. The topological polar surface area (TPSA) is 95.2 Å². The lowest BCUT2D eigenvalue weighted by Crippen LogP contribution is -2.26. The lowest BCUT2D eigenvalue weighted by molar-refractivity contribution is 0.0954. The lowest BCUT2D eigenvalue weighted by atomic mass is 10.2. The smallest absolute Gasteiger partial charge is 0.251 e. The summed E-state index contributed by atoms with van der Waals surface area (Å²) in [6.45, 7) is 0.427. The van der Waals surface area contributed by atoms with Crippen molar-refractivity contribution < 1.29 is 13.2 Å². The van der Waals surface area contributed by atoms with Crippen LogP contribution in [0.3, 0.4) is 0 Å². The molecule has 7 nitrogen and oxygen atoms in total. The summed E-state index contributed by atoms with van der Waals surface area (Å²) >= 11 is 0. The number of carbonyl (C=O) groups is 1. The SMILES string of the molecule is CN(C)S(=O)(=O)c1ccc(C(=O)NCCc2nc3ccccc3[nH]2)cc1. The highest BCUT2D eigenvalue weighted by Crippen LogP contribution is 2.14. The third-order valence-corrected chi connectivity index (χ3v) is 5.81. The number of sulfonamides is 1. The van der Waals surface area contributed by atoms with Gasteiger partial charge >= 0.3 is 0 Å². The number of nitrogens with zero attached hydrogens (tertiary/aromatic N) is 2. The number of para-hydroxylation sites is 2. The third kappa shape index (κ3) is 3.76. The average molecular weight is 372 g/mol. The van der Waals surface area contributed by atoms with E-state index >= 15 is 0 Å². The van der Waals surface area contributed by atoms with Crippen LogP contribution in [0.2, 0.25) is 0 Å². The molecule has 136 valence electrons. The van der Waals surface area contributed by atoms with E-state index in [1.165, 1.54) is 38.4 Å². The van der Waals surface area contributed by atoms with Crippen molar-refractivity contribution in [1.29, 1.82) is 0 Å². The second-order valence-corrected chi connectivity index (χ2v) is 8.17. The highest BCUT2D eigenvalue weighted by atomic mass is 32.2. The predicted octanol–water partition coefficient (Wildman–Crippen LogP) is 1.79. The molecule has 26 heavy (non-hydrogen) atoms. The molecule has 0 radical (unpaired) electrons. The quantitative estimate of drug-likeness (QED) is 0.690. The van der Waals surface area contributed by atoms with Crippen molar-refractivity contribution >= 4 is 27.0 Å². The first kappa shape index (κ1) is 18.1. The Bertz CT molecular complexity index is 991. The average Bonchev–Trinajstić information content (AvgIpc) is 3.04. The van der Waals surface area contributed by atoms with E-state index in [0.29, 0.717) is 18.5 Å². The molecule has 1 heterocycles. The standard InChI is InChI=1S/C18H20N4O3S/c1-22(2)26(24,25)14-9-7-13(8-10-14)18(23)19-12-11-17-20-15-5-3-4-6-16(15)21-17/h3-10H,11-12H2,1-2H3,(H,19,23)(H,20,21). The number of H-pyrrole nitrogens is 1. The molecule has 8 heteroatoms. The van der Waals surface area contributed by atoms with Gasteiger partial charge in [0, 0.05) is 32.6 Å². The zero-order valence-electron chi connectivity index (χ0n) is 14.6. The van der Waals surface area contributed by atoms with Crippen molar-refractivity contribution in [3.8, 4) is 0 Å². The second kappa shape index (κ2) is 7.27. The zero-order valence-corrected chi connectivity index (χ0v) is 15.4. The Balaban J connectivity index is 1.59. The Kier molecular flexibility index (Phi) is 5.06. The van der Waals surface area contributed by atoms with Gasteiger partial charge in [0.1, 0.15) is 5.82 Å². The van der Waals surface area contributed by atoms with Crippen LogP contribution in [-0.2, 0) is 16.4 Å². The van der Waals surface area contributed by atoms with E-state index < -0.39 is 10.0 Å². The van der Waals surface area contributed by atoms with Gasteiger partial charge in [-0.3, -0.25) is 4.79 Å². The van der Waals surface area contributed by atoms with E-state index in [9.17, 15) is 13.2 Å². The Morgan fingerprint density at radius 2 is 1.81 bits per heavy atom. The first-order chi connectivity index (χ1) is 12.4. The molecule has 0 aliphatic carbocycles. The van der Waals surface area contributed by atoms with Crippen molar-refractivity contribution in [3.63, 3.8) is 0 Å². The fraction of sp³-hybridized carbons (Fsp3) is 0.222. The Labute approximate surface area is 152 Å². The maximum atomic E-state index is 12.2. The van der Waals surface area contributed by atoms with Crippen LogP contribution in [0.15, 0.2) is 53.4 Å². The number of benzene rings is 2. The predicted molar refractivity (Wildman–Crippen MR) is 99.4 cm³/mol. The molecule has 0 unspecified atom stereocenters. The number of aromatic nitrogens is 2. The number of aromatic amines is 1. The van der Waals surface area contributed by atoms with Crippen LogP contribution < -0.4 is 5.32 Å². The van der Waals surface area contributed by atoms with Crippen LogP contribution in [0.4, 0.5) is 0 Å². The molecule has 2 N–H and O–H groups in total. The third-order valence-electron chi connectivity index (χ3n) is 3.98. The van der Waals surface area contributed by atoms with Crippen LogP contribution in [0.5, 0.6) is 0 Å². The Morgan fingerprint density at radius 3 is 2.46 bits per heavy atom. The number of hydrogen-bond acceptors (Lipinski definition) is 4. The summed E-state index contributed by atoms with van der Waals surface area (Å²) in [5, 5.41) is 2.81. The summed E-state index contributed by atoms with van der Waals surface area (Å²) in [5.41, 5.74) is 2.27. The molecule has 0 atom stereocenters. The van der Waals surface area contributed by atoms with Crippen molar-refractivity contribution in [2.75, 3.05) is 20.6 Å². The van der Waals surface area contributed by atoms with E-state index in [2.05, 4.69) is 15.3 Å². The molecule has 3 rings (SSSR count). The molecule has 0 fully saturated rings. The van der Waals surface area contributed by atoms with Crippen molar-refractivity contribution in [2.24, 2.45) is 0 Å². The van der Waals surface area contributed by atoms with Crippen LogP contribution in [0, 0.1) is 0 Å². The van der Waals surface area contributed by atoms with Crippen LogP contribution >= 0.6 is 0 Å². The second-order valence-electron chi connectivity index (χ2n) is 6.02. The van der Waals surface area contributed by atoms with Crippen molar-refractivity contribution in [1.82, 2.24) is 19.6 Å². The number of carbonyl (C=O) groups excluding carboxylic acids is 1. The summed E-state index contributed by atoms with van der Waals surface area (Å²) in [4.78, 5) is 20.0. The number of nitrogens with one attached hydrogen (secondary N) is 2. The molecule has 0 bridgehead atoms. The van der Waals surface area contributed by atoms with Gasteiger partial charge in [0.2, 0.25) is 10.0 Å². The molecule has 0 spiro atoms. The minimum Gasteiger partial charge on any atom is -0.352 e. The largest absolute Gasteiger partial charge is 0.352 e. The summed E-state index contributed by atoms with van der Waals surface area (Å²) in [5.74, 6) is 0.550. The van der Waals surface area contributed by atoms with Gasteiger partial charge in [-0.1, -0.05) is 12.1 Å². The number of rotatable bonds is 6. The maximum absolute atomic E-state index is 12.2. The summed E-state index contributed by atoms with van der Waals surface area (Å²) < 4.78 is 25.2. The van der Waals surface area contributed by atoms with Gasteiger partial charge in [0.25, 0.3) is 5.91 Å². The van der Waals surface area contributed by atoms with E-state index in [1.807, 2.05) is 24.3 Å². The van der Waals surface area contributed by atoms with Crippen molar-refractivity contribution in [2.45, 2.75) is 11.3 Å². The summed E-state index contributed by atoms with van der Waals surface area (Å²) in [6, 6.07) is 13.6. The fourth-order valence-corrected chi connectivity index (χ4v) is 3.41. The van der Waals surface area contributed by atoms with E-state index in [1.54, 1.807) is 0 Å². The minimum absolute atomic E-state index is 0.154. The monoisotopic (exact) mass is 372 g/mol. The van der Waals surface area contributed by atoms with Crippen LogP contribution in [0.1, 0.15) is 16.2 Å². The Hall–Kier alpha value is -2.71. The van der Waals surface area contributed by atoms with Crippen molar-refractivity contribution in [3.05, 3.63) is 59.9 Å². The highest BCUT2D eigenvalue weighted by Gasteiger charge is 2.17. The first-order valence-electron chi connectivity index (χ1n) is 8.12. The Morgan fingerprint density at radius 1 is 1.12 bits per heavy atom. The highest BCUT2D eigenvalue weighted by molar-refractivity contribution is 7.89. The maximum Gasteiger partial charge on any atom is 0.251 e. The van der Waals surface area contributed by atoms with E-state index in [-0.39, 0.29) is 10.8 Å². The van der Waals surface area contributed by atoms with Gasteiger partial charge < -0.3 is 10.3 Å². The van der Waals surface area contributed by atoms with Gasteiger partial charge in [-0.05, 0) is 36.4 Å². The van der Waals surface area contributed by atoms with Gasteiger partial charge in [-0.15, -0.1) is 0 Å². The molecule has 1 aromatic heterocycles. The molecule has 2 aromatic carbocycles. The number of amides is 1. The molecular weight excluding hydrogens is 352 g/mol. The minimum atomic E-state index is -3.50. The molecule has 3 aromatic rings. The van der Waals surface area contributed by atoms with Gasteiger partial charge in [0.05, 0.1) is 15.9 Å². The van der Waals surface area contributed by atoms with E-state index in [0.717, 1.165) is 21.2 Å². The number of hydrogen-bond donors (Lipinski definition) is 2. The molecule has 0 aliphatic heterocycles. The number of fused-ring (bicyclic) bond motifs is 1. The van der Waals surface area contributed by atoms with Gasteiger partial charge in [-0.2, -0.15) is 0 Å². The normalized spacial score (nSPS) is 11.8. The van der Waals surface area contributed by atoms with Gasteiger partial charge in [-0.25, -0.2) is 17.7 Å². The summed E-state index contributed by atoms with van der Waals surface area (Å²) in [6.07, 6.45) is 0.577. The molecular formula is C18H20N4O3S. The fourth-order valence-electron chi connectivity index (χ4n) is 2.51. The molecule has 1 amide bonds. The first-order valence-corrected chi connectivity index (χ1v) is 9.56. The molecule has 0 saturated heterocycles. The van der Waals surface area contributed by atoms with E-state index in [4.69, 9.17) is 0 Å². The lowest BCUT2D eigenvalue weighted by Gasteiger charge is -2.11.